The average molecular weight is 153 g/mol. The maximum atomic E-state index is 4.40. The summed E-state index contributed by atoms with van der Waals surface area (Å²) in [6, 6.07) is 1.87. The van der Waals surface area contributed by atoms with Crippen molar-refractivity contribution in [3.8, 4) is 11.4 Å². The van der Waals surface area contributed by atoms with Crippen molar-refractivity contribution < 1.29 is 4.63 Å². The lowest BCUT2D eigenvalue weighted by Crippen LogP contribution is -1.72. The molecule has 0 aliphatic heterocycles. The van der Waals surface area contributed by atoms with Crippen molar-refractivity contribution in [3.63, 3.8) is 0 Å². The highest BCUT2D eigenvalue weighted by atomic mass is 32.1. The molecule has 0 aliphatic rings. The molecule has 0 fully saturated rings. The van der Waals surface area contributed by atoms with E-state index in [9.17, 15) is 0 Å². The molecule has 50 valence electrons. The fourth-order valence-electron chi connectivity index (χ4n) is 0.622. The largest absolute Gasteiger partial charge is 0.244 e. The summed E-state index contributed by atoms with van der Waals surface area (Å²) in [7, 11) is 0. The molecule has 0 N–H and O–H groups in total. The summed E-state index contributed by atoms with van der Waals surface area (Å²) in [6.07, 6.45) is 1.54. The number of rotatable bonds is 1. The molecule has 0 amide bonds. The summed E-state index contributed by atoms with van der Waals surface area (Å²) in [4.78, 5) is 0. The molecule has 0 aliphatic carbocycles. The molecule has 10 heavy (non-hydrogen) atoms. The van der Waals surface area contributed by atoms with Crippen LogP contribution in [-0.2, 0) is 0 Å². The van der Waals surface area contributed by atoms with E-state index >= 15 is 0 Å². The topological polar surface area (TPSA) is 51.8 Å². The molecule has 0 atom stereocenters. The smallest absolute Gasteiger partial charge is 0.154 e. The Morgan fingerprint density at radius 3 is 3.00 bits per heavy atom. The monoisotopic (exact) mass is 153 g/mol. The lowest BCUT2D eigenvalue weighted by Gasteiger charge is -1.78. The van der Waals surface area contributed by atoms with Crippen molar-refractivity contribution in [1.29, 1.82) is 0 Å². The number of nitrogens with zero attached hydrogens (tertiary/aromatic N) is 3. The van der Waals surface area contributed by atoms with E-state index in [2.05, 4.69) is 19.3 Å². The van der Waals surface area contributed by atoms with Crippen LogP contribution >= 0.6 is 11.5 Å². The van der Waals surface area contributed by atoms with Gasteiger partial charge in [-0.2, -0.15) is 4.37 Å². The molecule has 0 bridgehead atoms. The van der Waals surface area contributed by atoms with Crippen LogP contribution in [0.4, 0.5) is 0 Å². The number of hydrogen-bond acceptors (Lipinski definition) is 5. The van der Waals surface area contributed by atoms with Crippen molar-refractivity contribution in [1.82, 2.24) is 14.7 Å². The molecular formula is C5H3N3OS. The van der Waals surface area contributed by atoms with Crippen LogP contribution in [0.2, 0.25) is 0 Å². The predicted octanol–water partition coefficient (Wildman–Crippen LogP) is 1.19. The quantitative estimate of drug-likeness (QED) is 0.617. The molecule has 0 saturated carbocycles. The van der Waals surface area contributed by atoms with Gasteiger partial charge in [-0.15, -0.1) is 0 Å². The van der Waals surface area contributed by atoms with E-state index in [0.29, 0.717) is 5.69 Å². The van der Waals surface area contributed by atoms with Crippen molar-refractivity contribution >= 4 is 11.5 Å². The number of hydrogen-bond donors (Lipinski definition) is 0. The van der Waals surface area contributed by atoms with Gasteiger partial charge in [0.2, 0.25) is 0 Å². The van der Waals surface area contributed by atoms with Crippen LogP contribution in [0.5, 0.6) is 0 Å². The molecular weight excluding hydrogens is 150 g/mol. The maximum Gasteiger partial charge on any atom is 0.154 e. The number of aromatic nitrogens is 3. The van der Waals surface area contributed by atoms with Crippen LogP contribution in [0, 0.1) is 0 Å². The van der Waals surface area contributed by atoms with E-state index in [0.717, 1.165) is 5.69 Å². The van der Waals surface area contributed by atoms with Crippen LogP contribution in [0.3, 0.4) is 0 Å². The van der Waals surface area contributed by atoms with Gasteiger partial charge in [0.1, 0.15) is 11.9 Å². The van der Waals surface area contributed by atoms with Crippen LogP contribution < -0.4 is 0 Å². The minimum absolute atomic E-state index is 0.682. The van der Waals surface area contributed by atoms with Gasteiger partial charge in [-0.25, -0.2) is 4.63 Å². The molecule has 2 rings (SSSR count). The minimum atomic E-state index is 0.682. The summed E-state index contributed by atoms with van der Waals surface area (Å²) in [5, 5.41) is 8.95. The molecule has 2 aromatic rings. The predicted molar refractivity (Wildman–Crippen MR) is 35.4 cm³/mol. The van der Waals surface area contributed by atoms with Gasteiger partial charge in [-0.1, -0.05) is 5.16 Å². The maximum absolute atomic E-state index is 4.40. The Labute approximate surface area is 60.6 Å². The summed E-state index contributed by atoms with van der Waals surface area (Å²) in [5.74, 6) is 0. The summed E-state index contributed by atoms with van der Waals surface area (Å²) >= 11 is 1.38. The molecule has 0 spiro atoms. The van der Waals surface area contributed by atoms with Gasteiger partial charge in [0.05, 0.1) is 0 Å². The Bertz CT molecular complexity index is 256. The van der Waals surface area contributed by atoms with Gasteiger partial charge >= 0.3 is 0 Å². The molecule has 2 aromatic heterocycles. The molecule has 0 saturated heterocycles. The molecule has 0 unspecified atom stereocenters. The van der Waals surface area contributed by atoms with Crippen LogP contribution in [-0.4, -0.2) is 14.7 Å². The normalized spacial score (nSPS) is 10.0. The zero-order valence-electron chi connectivity index (χ0n) is 4.89. The molecule has 5 heteroatoms. The molecule has 0 aromatic carbocycles. The van der Waals surface area contributed by atoms with Crippen molar-refractivity contribution in [3.05, 3.63) is 17.6 Å². The highest BCUT2D eigenvalue weighted by Crippen LogP contribution is 2.13. The van der Waals surface area contributed by atoms with Crippen molar-refractivity contribution in [2.24, 2.45) is 0 Å². The second-order valence-corrected chi connectivity index (χ2v) is 2.34. The van der Waals surface area contributed by atoms with Crippen LogP contribution in [0.15, 0.2) is 22.3 Å². The van der Waals surface area contributed by atoms with Gasteiger partial charge in [-0.3, -0.25) is 0 Å². The van der Waals surface area contributed by atoms with Crippen LogP contribution in [0.1, 0.15) is 0 Å². The molecule has 4 nitrogen and oxygen atoms in total. The molecule has 0 radical (unpaired) electrons. The fourth-order valence-corrected chi connectivity index (χ4v) is 1.14. The van der Waals surface area contributed by atoms with E-state index in [1.165, 1.54) is 17.7 Å². The lowest BCUT2D eigenvalue weighted by molar-refractivity contribution is 0.308. The summed E-state index contributed by atoms with van der Waals surface area (Å²) < 4.78 is 8.44. The first-order valence-electron chi connectivity index (χ1n) is 2.65. The molecule has 2 heterocycles. The average Bonchev–Trinajstić information content (AvgIpc) is 2.59. The fraction of sp³-hybridized carbons (Fsp3) is 0. The van der Waals surface area contributed by atoms with Gasteiger partial charge < -0.3 is 0 Å². The third kappa shape index (κ3) is 0.801. The third-order valence-corrected chi connectivity index (χ3v) is 1.62. The Balaban J connectivity index is 2.48. The second-order valence-electron chi connectivity index (χ2n) is 1.68. The van der Waals surface area contributed by atoms with Gasteiger partial charge in [0, 0.05) is 5.38 Å². The first-order chi connectivity index (χ1) is 4.97. The van der Waals surface area contributed by atoms with Gasteiger partial charge in [0.25, 0.3) is 0 Å². The zero-order valence-corrected chi connectivity index (χ0v) is 5.71. The van der Waals surface area contributed by atoms with E-state index in [-0.39, 0.29) is 0 Å². The van der Waals surface area contributed by atoms with E-state index in [1.54, 1.807) is 0 Å². The van der Waals surface area contributed by atoms with Gasteiger partial charge in [-0.05, 0) is 22.8 Å². The standard InChI is InChI=1S/C5H3N3OS/c1-2-10-8-4(1)5-3-6-9-7-5/h1-3H. The highest BCUT2D eigenvalue weighted by Gasteiger charge is 2.01. The Hall–Kier alpha value is -1.23. The highest BCUT2D eigenvalue weighted by molar-refractivity contribution is 7.03. The summed E-state index contributed by atoms with van der Waals surface area (Å²) in [6.45, 7) is 0. The Kier molecular flexibility index (Phi) is 1.21. The Morgan fingerprint density at radius 2 is 2.40 bits per heavy atom. The summed E-state index contributed by atoms with van der Waals surface area (Å²) in [5.41, 5.74) is 1.49. The third-order valence-electron chi connectivity index (χ3n) is 1.06. The van der Waals surface area contributed by atoms with Gasteiger partial charge in [0.15, 0.2) is 5.69 Å². The van der Waals surface area contributed by atoms with E-state index in [1.807, 2.05) is 11.4 Å². The van der Waals surface area contributed by atoms with E-state index < -0.39 is 0 Å². The van der Waals surface area contributed by atoms with Crippen molar-refractivity contribution in [2.45, 2.75) is 0 Å². The van der Waals surface area contributed by atoms with E-state index in [4.69, 9.17) is 0 Å². The first kappa shape index (κ1) is 5.55. The second kappa shape index (κ2) is 2.18. The first-order valence-corrected chi connectivity index (χ1v) is 3.49. The minimum Gasteiger partial charge on any atom is -0.244 e. The Morgan fingerprint density at radius 1 is 1.40 bits per heavy atom. The zero-order chi connectivity index (χ0) is 6.81. The lowest BCUT2D eigenvalue weighted by atomic mass is 10.3. The SMILES string of the molecule is c1cc(-c2cnon2)ns1. The van der Waals surface area contributed by atoms with Crippen molar-refractivity contribution in [2.75, 3.05) is 0 Å². The van der Waals surface area contributed by atoms with Crippen LogP contribution in [0.25, 0.3) is 11.4 Å².